The Morgan fingerprint density at radius 2 is 1.65 bits per heavy atom. The van der Waals surface area contributed by atoms with Gasteiger partial charge in [-0.25, -0.2) is 4.90 Å². The summed E-state index contributed by atoms with van der Waals surface area (Å²) in [6.45, 7) is 6.74. The predicted molar refractivity (Wildman–Crippen MR) is 75.1 cm³/mol. The molecule has 0 unspecified atom stereocenters. The molecule has 0 aromatic heterocycles. The number of nitrogens with two attached hydrogens (primary N) is 3. The van der Waals surface area contributed by atoms with E-state index in [2.05, 4.69) is 18.2 Å². The zero-order chi connectivity index (χ0) is 15.7. The third-order valence-corrected chi connectivity index (χ3v) is 2.30. The van der Waals surface area contributed by atoms with Gasteiger partial charge in [0.2, 0.25) is 0 Å². The minimum absolute atomic E-state index is 0.0600. The van der Waals surface area contributed by atoms with Crippen LogP contribution in [0.2, 0.25) is 0 Å². The van der Waals surface area contributed by atoms with Gasteiger partial charge in [-0.05, 0) is 25.0 Å². The molecule has 0 rings (SSSR count). The number of carbonyl (C=O) groups is 3. The van der Waals surface area contributed by atoms with Crippen molar-refractivity contribution in [1.29, 1.82) is 0 Å². The van der Waals surface area contributed by atoms with Gasteiger partial charge in [0.1, 0.15) is 0 Å². The molecule has 0 aliphatic rings. The number of guanidine groups is 1. The lowest BCUT2D eigenvalue weighted by atomic mass is 10.1. The molecule has 0 bridgehead atoms. The molecule has 0 saturated carbocycles. The lowest BCUT2D eigenvalue weighted by Crippen LogP contribution is -2.48. The Morgan fingerprint density at radius 1 is 1.15 bits per heavy atom. The minimum atomic E-state index is -1.02. The first kappa shape index (κ1) is 17.5. The highest BCUT2D eigenvalue weighted by molar-refractivity contribution is 6.17. The lowest BCUT2D eigenvalue weighted by Gasteiger charge is -2.19. The third-order valence-electron chi connectivity index (χ3n) is 2.30. The minimum Gasteiger partial charge on any atom is -0.370 e. The van der Waals surface area contributed by atoms with E-state index in [1.807, 2.05) is 0 Å². The van der Waals surface area contributed by atoms with Gasteiger partial charge in [-0.15, -0.1) is 0 Å². The van der Waals surface area contributed by atoms with Gasteiger partial charge in [0.15, 0.2) is 5.96 Å². The molecule has 0 aliphatic carbocycles. The van der Waals surface area contributed by atoms with Gasteiger partial charge in [-0.2, -0.15) is 0 Å². The molecular weight excluding hydrogens is 262 g/mol. The van der Waals surface area contributed by atoms with Gasteiger partial charge in [-0.3, -0.25) is 19.4 Å². The molecule has 0 aromatic rings. The molecule has 0 saturated heterocycles. The average Bonchev–Trinajstić information content (AvgIpc) is 2.42. The van der Waals surface area contributed by atoms with E-state index in [0.717, 1.165) is 12.2 Å². The van der Waals surface area contributed by atoms with Crippen LogP contribution in [0.25, 0.3) is 0 Å². The van der Waals surface area contributed by atoms with Crippen LogP contribution in [0.5, 0.6) is 0 Å². The van der Waals surface area contributed by atoms with Crippen LogP contribution in [0.1, 0.15) is 12.8 Å². The zero-order valence-corrected chi connectivity index (χ0v) is 11.1. The zero-order valence-electron chi connectivity index (χ0n) is 11.1. The fourth-order valence-electron chi connectivity index (χ4n) is 1.32. The van der Waals surface area contributed by atoms with Crippen molar-refractivity contribution >= 4 is 23.7 Å². The topological polar surface area (TPSA) is 145 Å². The smallest absolute Gasteiger partial charge is 0.259 e. The largest absolute Gasteiger partial charge is 0.370 e. The van der Waals surface area contributed by atoms with E-state index in [-0.39, 0.29) is 12.4 Å². The number of hydrogen-bond acceptors (Lipinski definition) is 5. The maximum atomic E-state index is 12.0. The van der Waals surface area contributed by atoms with Crippen LogP contribution < -0.4 is 17.2 Å². The number of imide groups is 3. The Kier molecular flexibility index (Phi) is 7.53. The Labute approximate surface area is 117 Å². The molecule has 0 radical (unpaired) electrons. The number of aliphatic imine (C=N–C) groups is 1. The standard InChI is InChI=1S/C12H19N5O3/c1-3-9(18)17(10(19)4-2)11(20)8(13)6-5-7-16-12(14)15/h3-4,8H,1-2,5-7,13H2,(H4,14,15,16)/t8-/m0/s1. The molecule has 0 spiro atoms. The molecule has 8 nitrogen and oxygen atoms in total. The molecule has 0 aromatic carbocycles. The summed E-state index contributed by atoms with van der Waals surface area (Å²) in [5.41, 5.74) is 15.9. The summed E-state index contributed by atoms with van der Waals surface area (Å²) >= 11 is 0. The van der Waals surface area contributed by atoms with E-state index in [1.165, 1.54) is 0 Å². The van der Waals surface area contributed by atoms with Gasteiger partial charge in [0, 0.05) is 6.54 Å². The lowest BCUT2D eigenvalue weighted by molar-refractivity contribution is -0.150. The van der Waals surface area contributed by atoms with E-state index >= 15 is 0 Å². The van der Waals surface area contributed by atoms with Gasteiger partial charge < -0.3 is 17.2 Å². The second kappa shape index (κ2) is 8.59. The first-order chi connectivity index (χ1) is 9.34. The normalized spacial score (nSPS) is 11.1. The van der Waals surface area contributed by atoms with Crippen LogP contribution in [0.4, 0.5) is 0 Å². The maximum absolute atomic E-state index is 12.0. The van der Waals surface area contributed by atoms with E-state index < -0.39 is 23.8 Å². The highest BCUT2D eigenvalue weighted by atomic mass is 16.2. The van der Waals surface area contributed by atoms with Crippen LogP contribution in [0, 0.1) is 0 Å². The molecule has 0 fully saturated rings. The van der Waals surface area contributed by atoms with E-state index in [0.29, 0.717) is 17.9 Å². The van der Waals surface area contributed by atoms with Crippen LogP contribution in [-0.2, 0) is 14.4 Å². The second-order valence-corrected chi connectivity index (χ2v) is 3.81. The maximum Gasteiger partial charge on any atom is 0.259 e. The van der Waals surface area contributed by atoms with Crippen molar-refractivity contribution in [3.8, 4) is 0 Å². The Morgan fingerprint density at radius 3 is 2.05 bits per heavy atom. The molecule has 110 valence electrons. The fraction of sp³-hybridized carbons (Fsp3) is 0.333. The number of carbonyl (C=O) groups excluding carboxylic acids is 3. The van der Waals surface area contributed by atoms with Gasteiger partial charge in [-0.1, -0.05) is 13.2 Å². The van der Waals surface area contributed by atoms with Crippen molar-refractivity contribution < 1.29 is 14.4 Å². The summed E-state index contributed by atoms with van der Waals surface area (Å²) in [5.74, 6) is -2.57. The van der Waals surface area contributed by atoms with Crippen molar-refractivity contribution in [2.45, 2.75) is 18.9 Å². The van der Waals surface area contributed by atoms with Crippen molar-refractivity contribution in [1.82, 2.24) is 4.90 Å². The fourth-order valence-corrected chi connectivity index (χ4v) is 1.32. The summed E-state index contributed by atoms with van der Waals surface area (Å²) in [7, 11) is 0. The monoisotopic (exact) mass is 281 g/mol. The number of nitrogens with zero attached hydrogens (tertiary/aromatic N) is 2. The number of hydrogen-bond donors (Lipinski definition) is 3. The molecular formula is C12H19N5O3. The van der Waals surface area contributed by atoms with E-state index in [4.69, 9.17) is 17.2 Å². The SMILES string of the molecule is C=CC(=O)N(C(=O)C=C)C(=O)[C@@H](N)CCCN=C(N)N. The highest BCUT2D eigenvalue weighted by Crippen LogP contribution is 2.03. The van der Waals surface area contributed by atoms with E-state index in [9.17, 15) is 14.4 Å². The van der Waals surface area contributed by atoms with Gasteiger partial charge in [0.25, 0.3) is 17.7 Å². The third kappa shape index (κ3) is 5.44. The molecule has 20 heavy (non-hydrogen) atoms. The summed E-state index contributed by atoms with van der Waals surface area (Å²) in [5, 5.41) is 0. The van der Waals surface area contributed by atoms with Gasteiger partial charge in [0.05, 0.1) is 6.04 Å². The first-order valence-electron chi connectivity index (χ1n) is 5.82. The molecule has 0 heterocycles. The average molecular weight is 281 g/mol. The van der Waals surface area contributed by atoms with Crippen LogP contribution in [-0.4, -0.2) is 41.2 Å². The molecule has 0 aliphatic heterocycles. The molecule has 6 N–H and O–H groups in total. The predicted octanol–water partition coefficient (Wildman–Crippen LogP) is -1.38. The Hall–Kier alpha value is -2.48. The second-order valence-electron chi connectivity index (χ2n) is 3.81. The van der Waals surface area contributed by atoms with Crippen molar-refractivity contribution in [3.05, 3.63) is 25.3 Å². The summed E-state index contributed by atoms with van der Waals surface area (Å²) in [4.78, 5) is 39.1. The van der Waals surface area contributed by atoms with Crippen LogP contribution >= 0.6 is 0 Å². The number of amides is 3. The quantitative estimate of drug-likeness (QED) is 0.227. The molecule has 1 atom stereocenters. The molecule has 8 heteroatoms. The van der Waals surface area contributed by atoms with Crippen molar-refractivity contribution in [2.75, 3.05) is 6.54 Å². The van der Waals surface area contributed by atoms with Crippen LogP contribution in [0.15, 0.2) is 30.3 Å². The summed E-state index contributed by atoms with van der Waals surface area (Å²) in [6, 6.07) is -1.02. The van der Waals surface area contributed by atoms with Crippen LogP contribution in [0.3, 0.4) is 0 Å². The summed E-state index contributed by atoms with van der Waals surface area (Å²) < 4.78 is 0. The Bertz CT molecular complexity index is 420. The van der Waals surface area contributed by atoms with Crippen molar-refractivity contribution in [3.63, 3.8) is 0 Å². The van der Waals surface area contributed by atoms with Gasteiger partial charge >= 0.3 is 0 Å². The first-order valence-corrected chi connectivity index (χ1v) is 5.82. The molecule has 3 amide bonds. The highest BCUT2D eigenvalue weighted by Gasteiger charge is 2.28. The van der Waals surface area contributed by atoms with E-state index in [1.54, 1.807) is 0 Å². The number of rotatable bonds is 7. The van der Waals surface area contributed by atoms with Crippen molar-refractivity contribution in [2.24, 2.45) is 22.2 Å². The summed E-state index contributed by atoms with van der Waals surface area (Å²) in [6.07, 6.45) is 2.36. The Balaban J connectivity index is 4.68.